The molecule has 0 aromatic heterocycles. The highest BCUT2D eigenvalue weighted by Crippen LogP contribution is 2.16. The van der Waals surface area contributed by atoms with Gasteiger partial charge in [0.25, 0.3) is 0 Å². The standard InChI is InChI=1S/C9H17NO3/c11-7-8-3-1-2-5-10(8)6-4-9(12)13/h8,11H,1-7H2,(H,12,13)/t8-/m0/s1. The van der Waals surface area contributed by atoms with Gasteiger partial charge in [0, 0.05) is 12.6 Å². The topological polar surface area (TPSA) is 60.8 Å². The van der Waals surface area contributed by atoms with Gasteiger partial charge in [0.05, 0.1) is 13.0 Å². The van der Waals surface area contributed by atoms with Gasteiger partial charge in [-0.3, -0.25) is 9.69 Å². The van der Waals surface area contributed by atoms with E-state index in [9.17, 15) is 4.79 Å². The van der Waals surface area contributed by atoms with E-state index in [0.717, 1.165) is 25.8 Å². The van der Waals surface area contributed by atoms with Gasteiger partial charge < -0.3 is 10.2 Å². The van der Waals surface area contributed by atoms with Gasteiger partial charge in [-0.2, -0.15) is 0 Å². The van der Waals surface area contributed by atoms with Crippen LogP contribution in [-0.4, -0.2) is 46.8 Å². The lowest BCUT2D eigenvalue weighted by atomic mass is 10.0. The fourth-order valence-electron chi connectivity index (χ4n) is 1.80. The van der Waals surface area contributed by atoms with E-state index in [1.165, 1.54) is 0 Å². The van der Waals surface area contributed by atoms with Gasteiger partial charge in [-0.15, -0.1) is 0 Å². The highest BCUT2D eigenvalue weighted by molar-refractivity contribution is 5.66. The van der Waals surface area contributed by atoms with Gasteiger partial charge in [-0.25, -0.2) is 0 Å². The number of hydrogen-bond acceptors (Lipinski definition) is 3. The van der Waals surface area contributed by atoms with Gasteiger partial charge in [0.15, 0.2) is 0 Å². The molecule has 0 unspecified atom stereocenters. The second-order valence-electron chi connectivity index (χ2n) is 3.51. The van der Waals surface area contributed by atoms with Crippen LogP contribution < -0.4 is 0 Å². The van der Waals surface area contributed by atoms with Crippen LogP contribution in [-0.2, 0) is 4.79 Å². The molecule has 1 fully saturated rings. The number of aliphatic carboxylic acids is 1. The summed E-state index contributed by atoms with van der Waals surface area (Å²) in [5, 5.41) is 17.6. The van der Waals surface area contributed by atoms with Crippen LogP contribution in [0.4, 0.5) is 0 Å². The third-order valence-electron chi connectivity index (χ3n) is 2.57. The lowest BCUT2D eigenvalue weighted by Gasteiger charge is -2.34. The molecule has 0 amide bonds. The maximum atomic E-state index is 10.3. The van der Waals surface area contributed by atoms with E-state index >= 15 is 0 Å². The lowest BCUT2D eigenvalue weighted by Crippen LogP contribution is -2.42. The Labute approximate surface area is 78.2 Å². The number of likely N-dealkylation sites (tertiary alicyclic amines) is 1. The van der Waals surface area contributed by atoms with Crippen molar-refractivity contribution in [3.8, 4) is 0 Å². The average Bonchev–Trinajstić information content (AvgIpc) is 2.15. The summed E-state index contributed by atoms with van der Waals surface area (Å²) < 4.78 is 0. The molecule has 1 rings (SSSR count). The first kappa shape index (κ1) is 10.5. The zero-order valence-electron chi connectivity index (χ0n) is 7.78. The smallest absolute Gasteiger partial charge is 0.304 e. The molecule has 0 aromatic carbocycles. The number of nitrogens with zero attached hydrogens (tertiary/aromatic N) is 1. The molecule has 76 valence electrons. The molecule has 1 atom stereocenters. The Balaban J connectivity index is 2.31. The summed E-state index contributed by atoms with van der Waals surface area (Å²) in [5.41, 5.74) is 0. The van der Waals surface area contributed by atoms with E-state index in [-0.39, 0.29) is 19.1 Å². The predicted molar refractivity (Wildman–Crippen MR) is 48.6 cm³/mol. The monoisotopic (exact) mass is 187 g/mol. The molecule has 0 bridgehead atoms. The van der Waals surface area contributed by atoms with E-state index in [0.29, 0.717) is 6.54 Å². The molecule has 0 aliphatic carbocycles. The molecule has 4 nitrogen and oxygen atoms in total. The van der Waals surface area contributed by atoms with Crippen molar-refractivity contribution >= 4 is 5.97 Å². The summed E-state index contributed by atoms with van der Waals surface area (Å²) in [5.74, 6) is -0.762. The first-order chi connectivity index (χ1) is 6.24. The first-order valence-corrected chi connectivity index (χ1v) is 4.80. The largest absolute Gasteiger partial charge is 0.481 e. The molecule has 2 N–H and O–H groups in total. The quantitative estimate of drug-likeness (QED) is 0.665. The van der Waals surface area contributed by atoms with Gasteiger partial charge in [0.2, 0.25) is 0 Å². The van der Waals surface area contributed by atoms with Crippen molar-refractivity contribution in [3.05, 3.63) is 0 Å². The molecule has 0 radical (unpaired) electrons. The third-order valence-corrected chi connectivity index (χ3v) is 2.57. The summed E-state index contributed by atoms with van der Waals surface area (Å²) in [6.45, 7) is 1.65. The van der Waals surface area contributed by atoms with E-state index in [1.807, 2.05) is 0 Å². The average molecular weight is 187 g/mol. The van der Waals surface area contributed by atoms with Crippen molar-refractivity contribution in [2.45, 2.75) is 31.7 Å². The van der Waals surface area contributed by atoms with Crippen molar-refractivity contribution in [2.75, 3.05) is 19.7 Å². The Morgan fingerprint density at radius 2 is 2.23 bits per heavy atom. The van der Waals surface area contributed by atoms with Crippen LogP contribution in [0.3, 0.4) is 0 Å². The number of hydrogen-bond donors (Lipinski definition) is 2. The van der Waals surface area contributed by atoms with Crippen molar-refractivity contribution in [1.29, 1.82) is 0 Å². The summed E-state index contributed by atoms with van der Waals surface area (Å²) in [6.07, 6.45) is 3.44. The van der Waals surface area contributed by atoms with Gasteiger partial charge in [-0.1, -0.05) is 6.42 Å². The van der Waals surface area contributed by atoms with Crippen LogP contribution in [0.5, 0.6) is 0 Å². The summed E-state index contributed by atoms with van der Waals surface area (Å²) in [7, 11) is 0. The van der Waals surface area contributed by atoms with E-state index in [2.05, 4.69) is 4.90 Å². The van der Waals surface area contributed by atoms with Crippen LogP contribution in [0.15, 0.2) is 0 Å². The van der Waals surface area contributed by atoms with E-state index in [1.54, 1.807) is 0 Å². The number of carboxylic acids is 1. The number of carbonyl (C=O) groups is 1. The van der Waals surface area contributed by atoms with Crippen LogP contribution in [0.2, 0.25) is 0 Å². The minimum absolute atomic E-state index is 0.152. The van der Waals surface area contributed by atoms with Crippen molar-refractivity contribution in [3.63, 3.8) is 0 Å². The summed E-state index contributed by atoms with van der Waals surface area (Å²) >= 11 is 0. The molecule has 13 heavy (non-hydrogen) atoms. The summed E-state index contributed by atoms with van der Waals surface area (Å²) in [4.78, 5) is 12.4. The van der Waals surface area contributed by atoms with Gasteiger partial charge in [-0.05, 0) is 19.4 Å². The molecule has 1 aliphatic rings. The maximum Gasteiger partial charge on any atom is 0.304 e. The Bertz CT molecular complexity index is 172. The van der Waals surface area contributed by atoms with Crippen molar-refractivity contribution in [2.24, 2.45) is 0 Å². The van der Waals surface area contributed by atoms with Crippen LogP contribution >= 0.6 is 0 Å². The van der Waals surface area contributed by atoms with Crippen LogP contribution in [0.25, 0.3) is 0 Å². The minimum Gasteiger partial charge on any atom is -0.481 e. The summed E-state index contributed by atoms with van der Waals surface area (Å²) in [6, 6.07) is 0.188. The Morgan fingerprint density at radius 1 is 1.46 bits per heavy atom. The molecule has 0 saturated carbocycles. The van der Waals surface area contributed by atoms with Gasteiger partial charge in [0.1, 0.15) is 0 Å². The highest BCUT2D eigenvalue weighted by Gasteiger charge is 2.21. The van der Waals surface area contributed by atoms with Crippen LogP contribution in [0, 0.1) is 0 Å². The van der Waals surface area contributed by atoms with E-state index < -0.39 is 5.97 Å². The molecule has 0 aromatic rings. The molecule has 0 spiro atoms. The normalized spacial score (nSPS) is 24.5. The Hall–Kier alpha value is -0.610. The maximum absolute atomic E-state index is 10.3. The molecule has 1 saturated heterocycles. The molecule has 1 heterocycles. The Kier molecular flexibility index (Phi) is 4.18. The fourth-order valence-corrected chi connectivity index (χ4v) is 1.80. The number of aliphatic hydroxyl groups excluding tert-OH is 1. The number of aliphatic hydroxyl groups is 1. The first-order valence-electron chi connectivity index (χ1n) is 4.80. The van der Waals surface area contributed by atoms with Crippen LogP contribution in [0.1, 0.15) is 25.7 Å². The Morgan fingerprint density at radius 3 is 2.85 bits per heavy atom. The fraction of sp³-hybridized carbons (Fsp3) is 0.889. The van der Waals surface area contributed by atoms with Crippen molar-refractivity contribution < 1.29 is 15.0 Å². The van der Waals surface area contributed by atoms with Gasteiger partial charge >= 0.3 is 5.97 Å². The highest BCUT2D eigenvalue weighted by atomic mass is 16.4. The lowest BCUT2D eigenvalue weighted by molar-refractivity contribution is -0.137. The molecular formula is C9H17NO3. The number of rotatable bonds is 4. The minimum atomic E-state index is -0.762. The number of carboxylic acid groups (broad SMARTS) is 1. The van der Waals surface area contributed by atoms with E-state index in [4.69, 9.17) is 10.2 Å². The number of piperidine rings is 1. The second-order valence-corrected chi connectivity index (χ2v) is 3.51. The molecule has 4 heteroatoms. The molecule has 1 aliphatic heterocycles. The zero-order valence-corrected chi connectivity index (χ0v) is 7.78. The second kappa shape index (κ2) is 5.19. The zero-order chi connectivity index (χ0) is 9.68. The van der Waals surface area contributed by atoms with Crippen molar-refractivity contribution in [1.82, 2.24) is 4.90 Å². The molecular weight excluding hydrogens is 170 g/mol. The SMILES string of the molecule is O=C(O)CCN1CCCC[C@H]1CO. The third kappa shape index (κ3) is 3.32. The predicted octanol–water partition coefficient (Wildman–Crippen LogP) is 0.308.